The van der Waals surface area contributed by atoms with Crippen molar-refractivity contribution in [2.24, 2.45) is 13.0 Å². The van der Waals surface area contributed by atoms with Gasteiger partial charge in [0.25, 0.3) is 0 Å². The number of hydrogen-bond acceptors (Lipinski definition) is 5. The Balaban J connectivity index is 1.23. The number of piperazine rings is 1. The second-order valence-electron chi connectivity index (χ2n) is 9.13. The van der Waals surface area contributed by atoms with Crippen molar-refractivity contribution < 1.29 is 9.53 Å². The molecule has 4 rings (SSSR count). The number of aryl methyl sites for hydroxylation is 1. The zero-order valence-corrected chi connectivity index (χ0v) is 19.3. The van der Waals surface area contributed by atoms with E-state index in [4.69, 9.17) is 4.74 Å². The molecule has 1 amide bonds. The molecule has 0 unspecified atom stereocenters. The molecular formula is C24H37N5O2. The predicted octanol–water partition coefficient (Wildman–Crippen LogP) is 1.76. The van der Waals surface area contributed by atoms with Gasteiger partial charge in [0.05, 0.1) is 7.11 Å². The molecule has 1 aromatic heterocycles. The van der Waals surface area contributed by atoms with Gasteiger partial charge in [-0.3, -0.25) is 14.6 Å². The van der Waals surface area contributed by atoms with Crippen molar-refractivity contribution in [1.29, 1.82) is 0 Å². The summed E-state index contributed by atoms with van der Waals surface area (Å²) in [5.41, 5.74) is 2.55. The maximum Gasteiger partial charge on any atom is 0.223 e. The van der Waals surface area contributed by atoms with E-state index in [1.807, 2.05) is 6.07 Å². The molecule has 0 radical (unpaired) electrons. The second kappa shape index (κ2) is 10.0. The number of benzene rings is 1. The average molecular weight is 428 g/mol. The largest absolute Gasteiger partial charge is 0.497 e. The normalized spacial score (nSPS) is 19.7. The van der Waals surface area contributed by atoms with Crippen molar-refractivity contribution in [1.82, 2.24) is 24.6 Å². The summed E-state index contributed by atoms with van der Waals surface area (Å²) in [5, 5.41) is 4.44. The van der Waals surface area contributed by atoms with Crippen LogP contribution in [-0.4, -0.2) is 91.7 Å². The number of nitrogens with one attached hydrogen (secondary N) is 1. The lowest BCUT2D eigenvalue weighted by Crippen LogP contribution is -2.47. The smallest absolute Gasteiger partial charge is 0.223 e. The van der Waals surface area contributed by atoms with Crippen LogP contribution in [0.15, 0.2) is 24.4 Å². The summed E-state index contributed by atoms with van der Waals surface area (Å²) in [6.45, 7) is 9.03. The molecule has 2 aromatic rings. The minimum absolute atomic E-state index is 0.149. The third-order valence-electron chi connectivity index (χ3n) is 6.95. The number of hydrogen-bond donors (Lipinski definition) is 1. The van der Waals surface area contributed by atoms with Gasteiger partial charge in [-0.05, 0) is 56.7 Å². The highest BCUT2D eigenvalue weighted by atomic mass is 16.5. The molecule has 7 nitrogen and oxygen atoms in total. The van der Waals surface area contributed by atoms with Gasteiger partial charge < -0.3 is 19.5 Å². The van der Waals surface area contributed by atoms with Crippen LogP contribution in [-0.2, 0) is 18.4 Å². The molecule has 0 bridgehead atoms. The van der Waals surface area contributed by atoms with E-state index in [-0.39, 0.29) is 11.8 Å². The van der Waals surface area contributed by atoms with Crippen LogP contribution in [0.25, 0.3) is 10.9 Å². The van der Waals surface area contributed by atoms with Gasteiger partial charge in [-0.15, -0.1) is 0 Å². The molecule has 0 aliphatic carbocycles. The van der Waals surface area contributed by atoms with Gasteiger partial charge in [0.15, 0.2) is 0 Å². The molecule has 170 valence electrons. The molecule has 3 heterocycles. The monoisotopic (exact) mass is 427 g/mol. The van der Waals surface area contributed by atoms with Crippen LogP contribution < -0.4 is 10.1 Å². The van der Waals surface area contributed by atoms with Crippen LogP contribution >= 0.6 is 0 Å². The lowest BCUT2D eigenvalue weighted by atomic mass is 9.95. The average Bonchev–Trinajstić information content (AvgIpc) is 3.10. The second-order valence-corrected chi connectivity index (χ2v) is 9.13. The number of nitrogens with zero attached hydrogens (tertiary/aromatic N) is 4. The van der Waals surface area contributed by atoms with E-state index in [2.05, 4.69) is 57.0 Å². The Kier molecular flexibility index (Phi) is 7.15. The van der Waals surface area contributed by atoms with Crippen molar-refractivity contribution in [3.8, 4) is 5.75 Å². The number of carbonyl (C=O) groups is 1. The van der Waals surface area contributed by atoms with Crippen molar-refractivity contribution in [3.63, 3.8) is 0 Å². The Morgan fingerprint density at radius 1 is 1.06 bits per heavy atom. The summed E-state index contributed by atoms with van der Waals surface area (Å²) in [4.78, 5) is 19.9. The summed E-state index contributed by atoms with van der Waals surface area (Å²) in [6.07, 6.45) is 4.10. The fourth-order valence-electron chi connectivity index (χ4n) is 4.85. The number of ether oxygens (including phenoxy) is 1. The highest BCUT2D eigenvalue weighted by Gasteiger charge is 2.25. The summed E-state index contributed by atoms with van der Waals surface area (Å²) in [5.74, 6) is 1.28. The summed E-state index contributed by atoms with van der Waals surface area (Å²) in [6, 6.07) is 6.27. The number of likely N-dealkylation sites (tertiary alicyclic amines) is 1. The van der Waals surface area contributed by atoms with E-state index in [1.54, 1.807) is 7.11 Å². The van der Waals surface area contributed by atoms with Crippen LogP contribution in [0.1, 0.15) is 18.4 Å². The van der Waals surface area contributed by atoms with Gasteiger partial charge >= 0.3 is 0 Å². The Morgan fingerprint density at radius 2 is 1.81 bits per heavy atom. The maximum absolute atomic E-state index is 12.6. The molecule has 2 fully saturated rings. The fraction of sp³-hybridized carbons (Fsp3) is 0.625. The van der Waals surface area contributed by atoms with Crippen molar-refractivity contribution >= 4 is 16.8 Å². The molecule has 2 aliphatic heterocycles. The number of likely N-dealkylation sites (N-methyl/N-ethyl adjacent to an activating group) is 1. The number of piperidine rings is 1. The topological polar surface area (TPSA) is 53.0 Å². The third kappa shape index (κ3) is 5.40. The fourth-order valence-corrected chi connectivity index (χ4v) is 4.85. The lowest BCUT2D eigenvalue weighted by Gasteiger charge is -2.33. The lowest BCUT2D eigenvalue weighted by molar-refractivity contribution is -0.126. The maximum atomic E-state index is 12.6. The molecule has 31 heavy (non-hydrogen) atoms. The van der Waals surface area contributed by atoms with Crippen LogP contribution in [0.2, 0.25) is 0 Å². The number of carbonyl (C=O) groups excluding carboxylic acids is 1. The van der Waals surface area contributed by atoms with Gasteiger partial charge in [0.2, 0.25) is 5.91 Å². The minimum atomic E-state index is 0.149. The molecule has 7 heteroatoms. The first-order valence-corrected chi connectivity index (χ1v) is 11.6. The summed E-state index contributed by atoms with van der Waals surface area (Å²) in [7, 11) is 5.98. The zero-order chi connectivity index (χ0) is 21.8. The molecule has 2 saturated heterocycles. The van der Waals surface area contributed by atoms with Crippen LogP contribution in [0.4, 0.5) is 0 Å². The van der Waals surface area contributed by atoms with E-state index in [1.165, 1.54) is 16.5 Å². The van der Waals surface area contributed by atoms with Crippen molar-refractivity contribution in [2.45, 2.75) is 19.4 Å². The van der Waals surface area contributed by atoms with E-state index in [0.29, 0.717) is 0 Å². The Hall–Kier alpha value is -2.09. The Labute approximate surface area is 185 Å². The number of rotatable bonds is 7. The first-order valence-electron chi connectivity index (χ1n) is 11.6. The molecular weight excluding hydrogens is 390 g/mol. The first-order chi connectivity index (χ1) is 15.0. The SMILES string of the molecule is COc1ccc2c(c1)c(CN1CCC(C(=O)NCCN3CCN(C)CC3)CC1)cn2C. The number of methoxy groups -OCH3 is 1. The molecule has 2 aliphatic rings. The third-order valence-corrected chi connectivity index (χ3v) is 6.95. The molecule has 1 aromatic carbocycles. The number of aromatic nitrogens is 1. The highest BCUT2D eigenvalue weighted by molar-refractivity contribution is 5.85. The number of fused-ring (bicyclic) bond motifs is 1. The van der Waals surface area contributed by atoms with Crippen molar-refractivity contribution in [3.05, 3.63) is 30.0 Å². The standard InChI is InChI=1S/C24H37N5O2/c1-26-12-14-28(15-13-26)11-8-25-24(30)19-6-9-29(10-7-19)18-20-17-27(2)23-5-4-21(31-3)16-22(20)23/h4-5,16-17,19H,6-15,18H2,1-3H3,(H,25,30). The van der Waals surface area contributed by atoms with Crippen LogP contribution in [0.3, 0.4) is 0 Å². The molecule has 0 saturated carbocycles. The van der Waals surface area contributed by atoms with E-state index in [9.17, 15) is 4.79 Å². The van der Waals surface area contributed by atoms with Gasteiger partial charge in [-0.25, -0.2) is 0 Å². The molecule has 1 N–H and O–H groups in total. The van der Waals surface area contributed by atoms with E-state index >= 15 is 0 Å². The predicted molar refractivity (Wildman–Crippen MR) is 124 cm³/mol. The van der Waals surface area contributed by atoms with Gasteiger partial charge in [0.1, 0.15) is 5.75 Å². The zero-order valence-electron chi connectivity index (χ0n) is 19.3. The Bertz CT molecular complexity index is 879. The highest BCUT2D eigenvalue weighted by Crippen LogP contribution is 2.28. The van der Waals surface area contributed by atoms with E-state index in [0.717, 1.165) is 77.5 Å². The van der Waals surface area contributed by atoms with Gasteiger partial charge in [0, 0.05) is 75.9 Å². The quantitative estimate of drug-likeness (QED) is 0.730. The van der Waals surface area contributed by atoms with Crippen LogP contribution in [0, 0.1) is 5.92 Å². The Morgan fingerprint density at radius 3 is 2.52 bits per heavy atom. The van der Waals surface area contributed by atoms with Gasteiger partial charge in [-0.1, -0.05) is 0 Å². The minimum Gasteiger partial charge on any atom is -0.497 e. The summed E-state index contributed by atoms with van der Waals surface area (Å²) >= 11 is 0. The van der Waals surface area contributed by atoms with Gasteiger partial charge in [-0.2, -0.15) is 0 Å². The van der Waals surface area contributed by atoms with Crippen LogP contribution in [0.5, 0.6) is 5.75 Å². The first kappa shape index (κ1) is 22.1. The molecule has 0 atom stereocenters. The van der Waals surface area contributed by atoms with Crippen molar-refractivity contribution in [2.75, 3.05) is 66.5 Å². The number of amides is 1. The molecule has 0 spiro atoms. The summed E-state index contributed by atoms with van der Waals surface area (Å²) < 4.78 is 7.61. The van der Waals surface area contributed by atoms with E-state index < -0.39 is 0 Å².